The predicted octanol–water partition coefficient (Wildman–Crippen LogP) is 7.41. The molecule has 0 bridgehead atoms. The Hall–Kier alpha value is -3.28. The summed E-state index contributed by atoms with van der Waals surface area (Å²) in [4.78, 5) is 23.2. The Kier molecular flexibility index (Phi) is 9.96. The highest BCUT2D eigenvalue weighted by atomic mass is 16.5. The van der Waals surface area contributed by atoms with Gasteiger partial charge in [0.15, 0.2) is 0 Å². The minimum absolute atomic E-state index is 0.224. The maximum Gasteiger partial charge on any atom is 0.309 e. The van der Waals surface area contributed by atoms with Gasteiger partial charge in [0, 0.05) is 0 Å². The second-order valence-corrected chi connectivity index (χ2v) is 11.1. The first-order chi connectivity index (χ1) is 17.2. The van der Waals surface area contributed by atoms with Gasteiger partial charge in [-0.1, -0.05) is 49.3 Å². The second-order valence-electron chi connectivity index (χ2n) is 11.1. The lowest BCUT2D eigenvalue weighted by Gasteiger charge is -2.24. The first kappa shape index (κ1) is 29.9. The van der Waals surface area contributed by atoms with E-state index in [2.05, 4.69) is 19.6 Å². The molecule has 6 nitrogen and oxygen atoms in total. The number of carboxylic acids is 2. The Morgan fingerprint density at radius 2 is 1.38 bits per heavy atom. The number of allylic oxidation sites excluding steroid dienone is 1. The summed E-state index contributed by atoms with van der Waals surface area (Å²) in [6.45, 7) is 17.4. The van der Waals surface area contributed by atoms with Crippen LogP contribution in [-0.2, 0) is 16.0 Å². The third-order valence-corrected chi connectivity index (χ3v) is 6.70. The molecule has 0 aromatic heterocycles. The zero-order valence-corrected chi connectivity index (χ0v) is 23.4. The van der Waals surface area contributed by atoms with Crippen LogP contribution in [0, 0.1) is 17.8 Å². The third kappa shape index (κ3) is 7.85. The summed E-state index contributed by atoms with van der Waals surface area (Å²) in [6, 6.07) is 10.1. The van der Waals surface area contributed by atoms with E-state index < -0.39 is 22.8 Å². The van der Waals surface area contributed by atoms with Crippen molar-refractivity contribution in [3.05, 3.63) is 53.6 Å². The average molecular weight is 511 g/mol. The Labute approximate surface area is 221 Å². The smallest absolute Gasteiger partial charge is 0.309 e. The molecule has 2 aromatic carbocycles. The molecule has 37 heavy (non-hydrogen) atoms. The number of hydrogen-bond acceptors (Lipinski definition) is 4. The van der Waals surface area contributed by atoms with E-state index in [4.69, 9.17) is 9.47 Å². The van der Waals surface area contributed by atoms with Crippen LogP contribution in [0.15, 0.2) is 36.9 Å². The van der Waals surface area contributed by atoms with E-state index >= 15 is 0 Å². The SMILES string of the molecule is C=C(C)c1ccc(C)cc1-c1c(OCCC(C)(C)C(=O)O)cc(CCC)cc1OCCC(C)(C)C(=O)O. The summed E-state index contributed by atoms with van der Waals surface area (Å²) in [6.07, 6.45) is 2.42. The fraction of sp³-hybridized carbons (Fsp3) is 0.484. The van der Waals surface area contributed by atoms with Crippen LogP contribution >= 0.6 is 0 Å². The Morgan fingerprint density at radius 1 is 0.892 bits per heavy atom. The topological polar surface area (TPSA) is 93.1 Å². The number of aryl methyl sites for hydroxylation is 2. The molecule has 2 N–H and O–H groups in total. The van der Waals surface area contributed by atoms with Crippen LogP contribution in [-0.4, -0.2) is 35.4 Å². The van der Waals surface area contributed by atoms with Crippen molar-refractivity contribution in [3.8, 4) is 22.6 Å². The quantitative estimate of drug-likeness (QED) is 0.275. The summed E-state index contributed by atoms with van der Waals surface area (Å²) < 4.78 is 12.6. The van der Waals surface area contributed by atoms with E-state index in [-0.39, 0.29) is 13.2 Å². The molecule has 0 aliphatic heterocycles. The molecule has 0 saturated carbocycles. The average Bonchev–Trinajstić information content (AvgIpc) is 2.78. The molecule has 0 unspecified atom stereocenters. The zero-order valence-electron chi connectivity index (χ0n) is 23.4. The molecule has 2 aromatic rings. The molecule has 0 spiro atoms. The predicted molar refractivity (Wildman–Crippen MR) is 148 cm³/mol. The number of hydrogen-bond donors (Lipinski definition) is 2. The van der Waals surface area contributed by atoms with Crippen LogP contribution in [0.3, 0.4) is 0 Å². The van der Waals surface area contributed by atoms with Crippen LogP contribution in [0.25, 0.3) is 16.7 Å². The number of carbonyl (C=O) groups is 2. The minimum atomic E-state index is -0.921. The molecule has 0 fully saturated rings. The van der Waals surface area contributed by atoms with E-state index in [0.29, 0.717) is 24.3 Å². The van der Waals surface area contributed by atoms with Gasteiger partial charge in [-0.2, -0.15) is 0 Å². The molecule has 0 aliphatic rings. The maximum atomic E-state index is 11.6. The standard InChI is InChI=1S/C31H42O6/c1-9-10-22-18-25(36-15-13-30(5,6)28(32)33)27(24-17-21(4)11-12-23(24)20(2)3)26(19-22)37-16-14-31(7,8)29(34)35/h11-12,17-19H,2,9-10,13-16H2,1,3-8H3,(H,32,33)(H,34,35). The van der Waals surface area contributed by atoms with Gasteiger partial charge < -0.3 is 19.7 Å². The van der Waals surface area contributed by atoms with Gasteiger partial charge in [-0.05, 0) is 89.6 Å². The van der Waals surface area contributed by atoms with E-state index in [1.165, 1.54) is 0 Å². The van der Waals surface area contributed by atoms with Gasteiger partial charge in [-0.3, -0.25) is 9.59 Å². The van der Waals surface area contributed by atoms with Crippen LogP contribution < -0.4 is 9.47 Å². The molecular weight excluding hydrogens is 468 g/mol. The Bertz CT molecular complexity index is 1090. The number of aliphatic carboxylic acids is 2. The van der Waals surface area contributed by atoms with Crippen LogP contribution in [0.4, 0.5) is 0 Å². The molecule has 6 heteroatoms. The second kappa shape index (κ2) is 12.3. The van der Waals surface area contributed by atoms with E-state index in [0.717, 1.165) is 46.2 Å². The largest absolute Gasteiger partial charge is 0.493 e. The number of benzene rings is 2. The van der Waals surface area contributed by atoms with Crippen molar-refractivity contribution >= 4 is 17.5 Å². The van der Waals surface area contributed by atoms with E-state index in [1.54, 1.807) is 27.7 Å². The van der Waals surface area contributed by atoms with Crippen molar-refractivity contribution in [1.82, 2.24) is 0 Å². The lowest BCUT2D eigenvalue weighted by atomic mass is 9.89. The normalized spacial score (nSPS) is 11.8. The minimum Gasteiger partial charge on any atom is -0.493 e. The lowest BCUT2D eigenvalue weighted by molar-refractivity contribution is -0.148. The van der Waals surface area contributed by atoms with Gasteiger partial charge in [0.05, 0.1) is 29.6 Å². The van der Waals surface area contributed by atoms with Crippen LogP contribution in [0.5, 0.6) is 11.5 Å². The molecule has 202 valence electrons. The van der Waals surface area contributed by atoms with Crippen LogP contribution in [0.1, 0.15) is 77.5 Å². The summed E-state index contributed by atoms with van der Waals surface area (Å²) >= 11 is 0. The third-order valence-electron chi connectivity index (χ3n) is 6.70. The molecule has 0 atom stereocenters. The van der Waals surface area contributed by atoms with E-state index in [9.17, 15) is 19.8 Å². The van der Waals surface area contributed by atoms with Gasteiger partial charge in [0.25, 0.3) is 0 Å². The van der Waals surface area contributed by atoms with E-state index in [1.807, 2.05) is 38.1 Å². The summed E-state index contributed by atoms with van der Waals surface area (Å²) in [7, 11) is 0. The number of rotatable bonds is 14. The number of ether oxygens (including phenoxy) is 2. The van der Waals surface area contributed by atoms with Gasteiger partial charge in [-0.25, -0.2) is 0 Å². The first-order valence-electron chi connectivity index (χ1n) is 12.9. The fourth-order valence-electron chi connectivity index (χ4n) is 3.85. The summed E-state index contributed by atoms with van der Waals surface area (Å²) in [5.74, 6) is -0.505. The highest BCUT2D eigenvalue weighted by molar-refractivity contribution is 5.87. The van der Waals surface area contributed by atoms with Gasteiger partial charge >= 0.3 is 11.9 Å². The number of carboxylic acid groups (broad SMARTS) is 2. The maximum absolute atomic E-state index is 11.6. The van der Waals surface area contributed by atoms with Crippen molar-refractivity contribution < 1.29 is 29.3 Å². The van der Waals surface area contributed by atoms with Gasteiger partial charge in [0.1, 0.15) is 11.5 Å². The molecule has 2 rings (SSSR count). The van der Waals surface area contributed by atoms with Crippen LogP contribution in [0.2, 0.25) is 0 Å². The highest BCUT2D eigenvalue weighted by Gasteiger charge is 2.29. The van der Waals surface area contributed by atoms with Crippen molar-refractivity contribution in [2.24, 2.45) is 10.8 Å². The summed E-state index contributed by atoms with van der Waals surface area (Å²) in [5, 5.41) is 19.1. The van der Waals surface area contributed by atoms with Gasteiger partial charge in [-0.15, -0.1) is 0 Å². The zero-order chi connectivity index (χ0) is 28.0. The molecule has 0 radical (unpaired) electrons. The fourth-order valence-corrected chi connectivity index (χ4v) is 3.85. The molecule has 0 amide bonds. The Morgan fingerprint density at radius 3 is 1.78 bits per heavy atom. The van der Waals surface area contributed by atoms with Crippen molar-refractivity contribution in [2.75, 3.05) is 13.2 Å². The highest BCUT2D eigenvalue weighted by Crippen LogP contribution is 2.44. The monoisotopic (exact) mass is 510 g/mol. The summed E-state index contributed by atoms with van der Waals surface area (Å²) in [5.41, 5.74) is 3.79. The first-order valence-corrected chi connectivity index (χ1v) is 12.9. The lowest BCUT2D eigenvalue weighted by Crippen LogP contribution is -2.26. The van der Waals surface area contributed by atoms with Crippen molar-refractivity contribution in [2.45, 2.75) is 74.1 Å². The molecule has 0 aliphatic carbocycles. The van der Waals surface area contributed by atoms with Crippen molar-refractivity contribution in [3.63, 3.8) is 0 Å². The van der Waals surface area contributed by atoms with Crippen molar-refractivity contribution in [1.29, 1.82) is 0 Å². The van der Waals surface area contributed by atoms with Gasteiger partial charge in [0.2, 0.25) is 0 Å². The molecule has 0 saturated heterocycles. The Balaban J connectivity index is 2.64. The molecule has 0 heterocycles. The molecular formula is C31H42O6.